The van der Waals surface area contributed by atoms with E-state index in [1.807, 2.05) is 0 Å². The summed E-state index contributed by atoms with van der Waals surface area (Å²) in [6.07, 6.45) is 2.33. The van der Waals surface area contributed by atoms with Gasteiger partial charge in [0.1, 0.15) is 24.3 Å². The molecule has 0 aromatic heterocycles. The van der Waals surface area contributed by atoms with Crippen molar-refractivity contribution in [3.05, 3.63) is 33.4 Å². The van der Waals surface area contributed by atoms with Crippen LogP contribution >= 0.6 is 0 Å². The summed E-state index contributed by atoms with van der Waals surface area (Å²) in [5.74, 6) is -1.25. The van der Waals surface area contributed by atoms with Gasteiger partial charge in [-0.2, -0.15) is 4.58 Å². The van der Waals surface area contributed by atoms with Crippen molar-refractivity contribution in [1.29, 1.82) is 0 Å². The number of amides is 1. The molecule has 21 heavy (non-hydrogen) atoms. The summed E-state index contributed by atoms with van der Waals surface area (Å²) in [6, 6.07) is -1.28. The minimum absolute atomic E-state index is 0.0959. The second-order valence-electron chi connectivity index (χ2n) is 4.49. The number of nitro groups is 1. The third kappa shape index (κ3) is 1.93. The number of hydrogen-bond donors (Lipinski definition) is 0. The van der Waals surface area contributed by atoms with Gasteiger partial charge in [0.2, 0.25) is 0 Å². The fraction of sp³-hybridized carbons (Fsp3) is 0.333. The SMILES string of the molecule is COC(=O)C1=CC2=NC3=[N+](CCO3)C(=O)C2=CC1[N+](=O)[O-]. The van der Waals surface area contributed by atoms with E-state index in [-0.39, 0.29) is 22.9 Å². The molecule has 1 amide bonds. The van der Waals surface area contributed by atoms with Gasteiger partial charge in [0.25, 0.3) is 6.04 Å². The van der Waals surface area contributed by atoms with Gasteiger partial charge in [-0.3, -0.25) is 10.1 Å². The maximum atomic E-state index is 12.3. The first-order valence-electron chi connectivity index (χ1n) is 6.09. The standard InChI is InChI=1S/C12H10N3O6/c1-20-11(17)7-4-8-6(5-9(7)15(18)19)10(16)14-2-3-21-12(14)13-8/h4-5,9H,2-3H2,1H3/q+1. The Morgan fingerprint density at radius 3 is 3.05 bits per heavy atom. The number of ether oxygens (including phenoxy) is 2. The van der Waals surface area contributed by atoms with E-state index < -0.39 is 22.8 Å². The van der Waals surface area contributed by atoms with Gasteiger partial charge in [0, 0.05) is 17.1 Å². The number of aliphatic imine (C=N–C) groups is 1. The van der Waals surface area contributed by atoms with E-state index >= 15 is 0 Å². The molecular formula is C12H10N3O6+. The van der Waals surface area contributed by atoms with Crippen LogP contribution in [0, 0.1) is 10.1 Å². The summed E-state index contributed by atoms with van der Waals surface area (Å²) in [6.45, 7) is 0.663. The number of methoxy groups -OCH3 is 1. The first kappa shape index (κ1) is 13.2. The molecule has 108 valence electrons. The molecule has 0 saturated heterocycles. The highest BCUT2D eigenvalue weighted by Gasteiger charge is 2.45. The minimum Gasteiger partial charge on any atom is -0.465 e. The molecule has 0 spiro atoms. The average Bonchev–Trinajstić information content (AvgIpc) is 2.93. The molecule has 2 heterocycles. The van der Waals surface area contributed by atoms with Gasteiger partial charge in [-0.1, -0.05) is 0 Å². The van der Waals surface area contributed by atoms with Crippen LogP contribution in [0.2, 0.25) is 0 Å². The summed E-state index contributed by atoms with van der Waals surface area (Å²) in [5.41, 5.74) is 0.0927. The second-order valence-corrected chi connectivity index (χ2v) is 4.49. The molecule has 0 N–H and O–H groups in total. The fourth-order valence-corrected chi connectivity index (χ4v) is 2.32. The lowest BCUT2D eigenvalue weighted by atomic mass is 9.92. The third-order valence-corrected chi connectivity index (χ3v) is 3.33. The van der Waals surface area contributed by atoms with Crippen LogP contribution in [0.3, 0.4) is 0 Å². The molecule has 0 radical (unpaired) electrons. The van der Waals surface area contributed by atoms with Gasteiger partial charge < -0.3 is 9.47 Å². The zero-order valence-corrected chi connectivity index (χ0v) is 10.9. The monoisotopic (exact) mass is 292 g/mol. The van der Waals surface area contributed by atoms with Gasteiger partial charge >= 0.3 is 17.9 Å². The number of rotatable bonds is 2. The number of nitrogens with zero attached hydrogens (tertiary/aromatic N) is 3. The molecule has 0 saturated carbocycles. The fourth-order valence-electron chi connectivity index (χ4n) is 2.32. The first-order valence-corrected chi connectivity index (χ1v) is 6.09. The smallest absolute Gasteiger partial charge is 0.465 e. The maximum absolute atomic E-state index is 12.3. The number of amidine groups is 1. The molecule has 3 rings (SSSR count). The van der Waals surface area contributed by atoms with Crippen molar-refractivity contribution >= 4 is 23.6 Å². The van der Waals surface area contributed by atoms with Crippen LogP contribution in [0.5, 0.6) is 0 Å². The number of esters is 1. The van der Waals surface area contributed by atoms with E-state index in [9.17, 15) is 19.7 Å². The van der Waals surface area contributed by atoms with Crippen molar-refractivity contribution in [3.8, 4) is 0 Å². The molecule has 0 bridgehead atoms. The zero-order chi connectivity index (χ0) is 15.1. The summed E-state index contributed by atoms with van der Waals surface area (Å²) >= 11 is 0. The Hall–Kier alpha value is -2.84. The number of carbonyl (C=O) groups is 2. The summed E-state index contributed by atoms with van der Waals surface area (Å²) in [4.78, 5) is 38.5. The molecular weight excluding hydrogens is 282 g/mol. The van der Waals surface area contributed by atoms with Crippen LogP contribution in [0.4, 0.5) is 0 Å². The normalized spacial score (nSPS) is 23.4. The van der Waals surface area contributed by atoms with Gasteiger partial charge in [-0.25, -0.2) is 9.59 Å². The van der Waals surface area contributed by atoms with E-state index in [0.717, 1.165) is 13.2 Å². The molecule has 0 fully saturated rings. The Balaban J connectivity index is 2.11. The highest BCUT2D eigenvalue weighted by atomic mass is 16.6. The second kappa shape index (κ2) is 4.62. The highest BCUT2D eigenvalue weighted by molar-refractivity contribution is 6.30. The Morgan fingerprint density at radius 2 is 2.38 bits per heavy atom. The summed E-state index contributed by atoms with van der Waals surface area (Å²) in [7, 11) is 1.13. The highest BCUT2D eigenvalue weighted by Crippen LogP contribution is 2.24. The van der Waals surface area contributed by atoms with Crippen LogP contribution < -0.4 is 0 Å². The summed E-state index contributed by atoms with van der Waals surface area (Å²) < 4.78 is 11.0. The van der Waals surface area contributed by atoms with Crippen molar-refractivity contribution in [1.82, 2.24) is 0 Å². The quantitative estimate of drug-likeness (QED) is 0.281. The molecule has 9 nitrogen and oxygen atoms in total. The predicted molar refractivity (Wildman–Crippen MR) is 67.5 cm³/mol. The lowest BCUT2D eigenvalue weighted by Gasteiger charge is -2.15. The van der Waals surface area contributed by atoms with Crippen molar-refractivity contribution in [2.24, 2.45) is 4.99 Å². The molecule has 2 aliphatic heterocycles. The Kier molecular flexibility index (Phi) is 2.89. The largest absolute Gasteiger partial charge is 0.502 e. The van der Waals surface area contributed by atoms with Gasteiger partial charge in [0.05, 0.1) is 7.11 Å². The third-order valence-electron chi connectivity index (χ3n) is 3.33. The lowest BCUT2D eigenvalue weighted by Crippen LogP contribution is -2.38. The van der Waals surface area contributed by atoms with Crippen molar-refractivity contribution in [2.75, 3.05) is 20.3 Å². The Morgan fingerprint density at radius 1 is 1.62 bits per heavy atom. The van der Waals surface area contributed by atoms with E-state index in [1.54, 1.807) is 0 Å². The molecule has 1 aliphatic carbocycles. The maximum Gasteiger partial charge on any atom is 0.502 e. The van der Waals surface area contributed by atoms with Gasteiger partial charge in [-0.05, 0) is 4.99 Å². The van der Waals surface area contributed by atoms with E-state index in [2.05, 4.69) is 9.73 Å². The van der Waals surface area contributed by atoms with Crippen LogP contribution in [-0.4, -0.2) is 59.4 Å². The Labute approximate surface area is 118 Å². The number of allylic oxidation sites excluding steroid dienone is 1. The number of fused-ring (bicyclic) bond motifs is 1. The molecule has 9 heteroatoms. The zero-order valence-electron chi connectivity index (χ0n) is 10.9. The van der Waals surface area contributed by atoms with Crippen LogP contribution in [-0.2, 0) is 19.1 Å². The van der Waals surface area contributed by atoms with Crippen LogP contribution in [0.15, 0.2) is 28.3 Å². The molecule has 1 unspecified atom stereocenters. The molecule has 0 aromatic carbocycles. The van der Waals surface area contributed by atoms with Crippen molar-refractivity contribution in [2.45, 2.75) is 6.04 Å². The summed E-state index contributed by atoms with van der Waals surface area (Å²) in [5, 5.41) is 11.1. The Bertz CT molecular complexity index is 700. The number of hydrogen-bond acceptors (Lipinski definition) is 7. The molecule has 0 aromatic rings. The van der Waals surface area contributed by atoms with Crippen LogP contribution in [0.25, 0.3) is 0 Å². The first-order chi connectivity index (χ1) is 10.0. The number of carbonyl (C=O) groups excluding carboxylic acids is 2. The van der Waals surface area contributed by atoms with Gasteiger partial charge in [0.15, 0.2) is 5.71 Å². The minimum atomic E-state index is -1.43. The molecule has 3 aliphatic rings. The van der Waals surface area contributed by atoms with E-state index in [4.69, 9.17) is 4.74 Å². The predicted octanol–water partition coefficient (Wildman–Crippen LogP) is -0.949. The van der Waals surface area contributed by atoms with E-state index in [0.29, 0.717) is 13.2 Å². The van der Waals surface area contributed by atoms with Crippen molar-refractivity contribution in [3.63, 3.8) is 0 Å². The van der Waals surface area contributed by atoms with Gasteiger partial charge in [-0.15, -0.1) is 0 Å². The topological polar surface area (TPSA) is 111 Å². The van der Waals surface area contributed by atoms with Crippen molar-refractivity contribution < 1.29 is 28.6 Å². The average molecular weight is 292 g/mol. The van der Waals surface area contributed by atoms with Crippen LogP contribution in [0.1, 0.15) is 0 Å². The molecule has 1 atom stereocenters. The van der Waals surface area contributed by atoms with E-state index in [1.165, 1.54) is 10.7 Å². The lowest BCUT2D eigenvalue weighted by molar-refractivity contribution is -0.499.